The first-order chi connectivity index (χ1) is 10.2. The number of hydrogen-bond acceptors (Lipinski definition) is 4. The molecule has 0 unspecified atom stereocenters. The van der Waals surface area contributed by atoms with Gasteiger partial charge in [-0.3, -0.25) is 10.1 Å². The Hall–Kier alpha value is -2.04. The zero-order valence-corrected chi connectivity index (χ0v) is 12.4. The first kappa shape index (κ1) is 15.4. The van der Waals surface area contributed by atoms with Crippen molar-refractivity contribution in [3.05, 3.63) is 40.0 Å². The molecule has 21 heavy (non-hydrogen) atoms. The molecule has 0 heterocycles. The Bertz CT molecular complexity index is 526. The molecule has 0 bridgehead atoms. The minimum atomic E-state index is -0.373. The highest BCUT2D eigenvalue weighted by Gasteiger charge is 2.20. The molecule has 1 aromatic carbocycles. The molecule has 0 saturated carbocycles. The van der Waals surface area contributed by atoms with Gasteiger partial charge >= 0.3 is 5.69 Å². The van der Waals surface area contributed by atoms with E-state index in [2.05, 4.69) is 11.4 Å². The van der Waals surface area contributed by atoms with Gasteiger partial charge in [0.05, 0.1) is 11.5 Å². The fourth-order valence-electron chi connectivity index (χ4n) is 2.50. The predicted octanol–water partition coefficient (Wildman–Crippen LogP) is 4.30. The Kier molecular flexibility index (Phi) is 5.60. The van der Waals surface area contributed by atoms with Crippen LogP contribution in [0.4, 0.5) is 11.4 Å². The highest BCUT2D eigenvalue weighted by atomic mass is 16.6. The Morgan fingerprint density at radius 2 is 2.29 bits per heavy atom. The van der Waals surface area contributed by atoms with E-state index in [4.69, 9.17) is 4.74 Å². The molecule has 0 spiro atoms. The first-order valence-corrected chi connectivity index (χ1v) is 7.54. The fraction of sp³-hybridized carbons (Fsp3) is 0.500. The predicted molar refractivity (Wildman–Crippen MR) is 83.9 cm³/mol. The number of benzene rings is 1. The quantitative estimate of drug-likeness (QED) is 0.440. The van der Waals surface area contributed by atoms with E-state index in [-0.39, 0.29) is 10.6 Å². The number of nitrogens with one attached hydrogen (secondary N) is 1. The number of anilines is 1. The van der Waals surface area contributed by atoms with Crippen molar-refractivity contribution in [3.8, 4) is 5.75 Å². The normalized spacial score (nSPS) is 13.9. The highest BCUT2D eigenvalue weighted by Crippen LogP contribution is 2.35. The van der Waals surface area contributed by atoms with Crippen LogP contribution in [0.2, 0.25) is 0 Å². The molecule has 1 N–H and O–H groups in total. The summed E-state index contributed by atoms with van der Waals surface area (Å²) < 4.78 is 5.47. The Balaban J connectivity index is 2.04. The maximum absolute atomic E-state index is 11.3. The lowest BCUT2D eigenvalue weighted by molar-refractivity contribution is -0.385. The van der Waals surface area contributed by atoms with Crippen LogP contribution in [0.5, 0.6) is 5.75 Å². The van der Waals surface area contributed by atoms with Crippen molar-refractivity contribution >= 4 is 11.4 Å². The molecule has 2 rings (SSSR count). The molecule has 1 aliphatic carbocycles. The summed E-state index contributed by atoms with van der Waals surface area (Å²) >= 11 is 0. The van der Waals surface area contributed by atoms with Gasteiger partial charge in [0.1, 0.15) is 5.69 Å². The molecule has 1 aromatic rings. The lowest BCUT2D eigenvalue weighted by atomic mass is 10.1. The summed E-state index contributed by atoms with van der Waals surface area (Å²) in [4.78, 5) is 10.9. The largest absolute Gasteiger partial charge is 0.487 e. The second kappa shape index (κ2) is 7.67. The van der Waals surface area contributed by atoms with Gasteiger partial charge in [-0.15, -0.1) is 0 Å². The summed E-state index contributed by atoms with van der Waals surface area (Å²) in [6, 6.07) is 5.17. The summed E-state index contributed by atoms with van der Waals surface area (Å²) in [6.45, 7) is 3.17. The number of nitro benzene ring substituents is 1. The number of ether oxygens (including phenoxy) is 1. The van der Waals surface area contributed by atoms with Crippen LogP contribution < -0.4 is 10.1 Å². The van der Waals surface area contributed by atoms with E-state index >= 15 is 0 Å². The molecular formula is C16H22N2O3. The van der Waals surface area contributed by atoms with E-state index in [0.717, 1.165) is 25.7 Å². The lowest BCUT2D eigenvalue weighted by Crippen LogP contribution is -2.07. The summed E-state index contributed by atoms with van der Waals surface area (Å²) in [5, 5.41) is 14.5. The van der Waals surface area contributed by atoms with Crippen LogP contribution in [-0.4, -0.2) is 18.1 Å². The number of allylic oxidation sites excluding steroid dienone is 1. The third kappa shape index (κ3) is 4.21. The molecule has 0 saturated heterocycles. The number of hydrogen-bond donors (Lipinski definition) is 1. The van der Waals surface area contributed by atoms with Crippen molar-refractivity contribution < 1.29 is 9.66 Å². The molecule has 0 radical (unpaired) electrons. The van der Waals surface area contributed by atoms with Crippen molar-refractivity contribution in [1.82, 2.24) is 0 Å². The fourth-order valence-corrected chi connectivity index (χ4v) is 2.50. The zero-order chi connectivity index (χ0) is 15.1. The van der Waals surface area contributed by atoms with Gasteiger partial charge in [-0.25, -0.2) is 0 Å². The molecule has 5 heteroatoms. The molecule has 5 nitrogen and oxygen atoms in total. The van der Waals surface area contributed by atoms with Crippen molar-refractivity contribution in [2.45, 2.75) is 39.0 Å². The van der Waals surface area contributed by atoms with E-state index in [9.17, 15) is 10.1 Å². The second-order valence-corrected chi connectivity index (χ2v) is 5.19. The molecule has 0 amide bonds. The number of nitro groups is 1. The maximum Gasteiger partial charge on any atom is 0.333 e. The van der Waals surface area contributed by atoms with Crippen LogP contribution >= 0.6 is 0 Å². The minimum absolute atomic E-state index is 0.0337. The zero-order valence-electron chi connectivity index (χ0n) is 12.4. The number of para-hydroxylation sites is 1. The third-order valence-corrected chi connectivity index (χ3v) is 3.54. The van der Waals surface area contributed by atoms with Gasteiger partial charge in [-0.2, -0.15) is 0 Å². The van der Waals surface area contributed by atoms with Crippen LogP contribution in [0.15, 0.2) is 29.8 Å². The highest BCUT2D eigenvalue weighted by molar-refractivity contribution is 5.68. The van der Waals surface area contributed by atoms with Gasteiger partial charge in [0.2, 0.25) is 0 Å². The standard InChI is InChI=1S/C16H22N2O3/c1-2-12-21-15-9-5-8-14(16(15)18(19)20)17-11-10-13-6-3-4-7-13/h5-6,8-9,17H,2-4,7,10-12H2,1H3. The van der Waals surface area contributed by atoms with Gasteiger partial charge in [-0.1, -0.05) is 24.6 Å². The molecule has 0 fully saturated rings. The van der Waals surface area contributed by atoms with Crippen molar-refractivity contribution in [2.75, 3.05) is 18.5 Å². The van der Waals surface area contributed by atoms with Crippen LogP contribution in [-0.2, 0) is 0 Å². The van der Waals surface area contributed by atoms with Gasteiger partial charge < -0.3 is 10.1 Å². The van der Waals surface area contributed by atoms with Crippen LogP contribution in [0.25, 0.3) is 0 Å². The Morgan fingerprint density at radius 1 is 1.43 bits per heavy atom. The molecular weight excluding hydrogens is 268 g/mol. The monoisotopic (exact) mass is 290 g/mol. The summed E-state index contributed by atoms with van der Waals surface area (Å²) in [5.74, 6) is 0.340. The molecule has 0 atom stereocenters. The molecule has 0 aliphatic heterocycles. The van der Waals surface area contributed by atoms with E-state index in [1.54, 1.807) is 18.2 Å². The average Bonchev–Trinajstić information content (AvgIpc) is 2.98. The SMILES string of the molecule is CCCOc1cccc(NCCC2=CCCC2)c1[N+](=O)[O-]. The smallest absolute Gasteiger partial charge is 0.333 e. The first-order valence-electron chi connectivity index (χ1n) is 7.54. The van der Waals surface area contributed by atoms with Crippen molar-refractivity contribution in [3.63, 3.8) is 0 Å². The van der Waals surface area contributed by atoms with Crippen LogP contribution in [0.3, 0.4) is 0 Å². The Labute approximate surface area is 125 Å². The summed E-state index contributed by atoms with van der Waals surface area (Å²) in [6.07, 6.45) is 7.59. The Morgan fingerprint density at radius 3 is 2.95 bits per heavy atom. The summed E-state index contributed by atoms with van der Waals surface area (Å²) in [7, 11) is 0. The molecule has 0 aromatic heterocycles. The van der Waals surface area contributed by atoms with E-state index in [0.29, 0.717) is 24.6 Å². The maximum atomic E-state index is 11.3. The van der Waals surface area contributed by atoms with E-state index in [1.165, 1.54) is 12.0 Å². The number of rotatable bonds is 8. The second-order valence-electron chi connectivity index (χ2n) is 5.19. The average molecular weight is 290 g/mol. The summed E-state index contributed by atoms with van der Waals surface area (Å²) in [5.41, 5.74) is 2.02. The number of nitrogens with zero attached hydrogens (tertiary/aromatic N) is 1. The third-order valence-electron chi connectivity index (χ3n) is 3.54. The van der Waals surface area contributed by atoms with Crippen molar-refractivity contribution in [1.29, 1.82) is 0 Å². The van der Waals surface area contributed by atoms with Crippen molar-refractivity contribution in [2.24, 2.45) is 0 Å². The van der Waals surface area contributed by atoms with E-state index < -0.39 is 0 Å². The van der Waals surface area contributed by atoms with Crippen LogP contribution in [0, 0.1) is 10.1 Å². The molecule has 114 valence electrons. The van der Waals surface area contributed by atoms with Gasteiger partial charge in [0.15, 0.2) is 5.75 Å². The minimum Gasteiger partial charge on any atom is -0.487 e. The van der Waals surface area contributed by atoms with E-state index in [1.807, 2.05) is 6.92 Å². The topological polar surface area (TPSA) is 64.4 Å². The molecule has 1 aliphatic rings. The van der Waals surface area contributed by atoms with Gasteiger partial charge in [0.25, 0.3) is 0 Å². The van der Waals surface area contributed by atoms with Gasteiger partial charge in [0, 0.05) is 6.54 Å². The lowest BCUT2D eigenvalue weighted by Gasteiger charge is -2.11. The van der Waals surface area contributed by atoms with Gasteiger partial charge in [-0.05, 0) is 44.2 Å². The van der Waals surface area contributed by atoms with Crippen LogP contribution in [0.1, 0.15) is 39.0 Å².